The zero-order valence-electron chi connectivity index (χ0n) is 11.9. The van der Waals surface area contributed by atoms with Crippen LogP contribution in [0.1, 0.15) is 38.4 Å². The fourth-order valence-corrected chi connectivity index (χ4v) is 2.29. The number of rotatable bonds is 4. The van der Waals surface area contributed by atoms with E-state index in [1.807, 2.05) is 18.4 Å². The average Bonchev–Trinajstić information content (AvgIpc) is 2.76. The van der Waals surface area contributed by atoms with Gasteiger partial charge in [-0.2, -0.15) is 0 Å². The number of halogens is 1. The molecular formula is C15H19FN2O2. The van der Waals surface area contributed by atoms with Gasteiger partial charge in [0.05, 0.1) is 6.61 Å². The first kappa shape index (κ1) is 14.5. The first-order chi connectivity index (χ1) is 9.45. The molecule has 2 rings (SSSR count). The SMILES string of the molecule is CCOC(=O)C(N)c1cn(C(C)C)c2ccc(F)cc12. The number of aromatic nitrogens is 1. The van der Waals surface area contributed by atoms with E-state index < -0.39 is 12.0 Å². The van der Waals surface area contributed by atoms with Crippen molar-refractivity contribution in [3.8, 4) is 0 Å². The summed E-state index contributed by atoms with van der Waals surface area (Å²) in [4.78, 5) is 11.8. The zero-order chi connectivity index (χ0) is 14.9. The van der Waals surface area contributed by atoms with Crippen LogP contribution in [-0.4, -0.2) is 17.1 Å². The van der Waals surface area contributed by atoms with E-state index >= 15 is 0 Å². The Morgan fingerprint density at radius 2 is 2.15 bits per heavy atom. The Balaban J connectivity index is 2.57. The quantitative estimate of drug-likeness (QED) is 0.875. The Bertz CT molecular complexity index is 634. The summed E-state index contributed by atoms with van der Waals surface area (Å²) in [5.41, 5.74) is 7.39. The lowest BCUT2D eigenvalue weighted by molar-refractivity contribution is -0.144. The summed E-state index contributed by atoms with van der Waals surface area (Å²) in [6.45, 7) is 6.02. The monoisotopic (exact) mass is 278 g/mol. The van der Waals surface area contributed by atoms with Gasteiger partial charge in [-0.3, -0.25) is 0 Å². The maximum atomic E-state index is 13.5. The second kappa shape index (κ2) is 5.63. The van der Waals surface area contributed by atoms with Crippen molar-refractivity contribution in [1.29, 1.82) is 0 Å². The van der Waals surface area contributed by atoms with Gasteiger partial charge in [0.1, 0.15) is 11.9 Å². The van der Waals surface area contributed by atoms with E-state index in [4.69, 9.17) is 10.5 Å². The number of nitrogens with zero attached hydrogens (tertiary/aromatic N) is 1. The van der Waals surface area contributed by atoms with Gasteiger partial charge in [-0.1, -0.05) is 0 Å². The maximum absolute atomic E-state index is 13.5. The lowest BCUT2D eigenvalue weighted by Gasteiger charge is -2.10. The van der Waals surface area contributed by atoms with Crippen LogP contribution in [-0.2, 0) is 9.53 Å². The first-order valence-electron chi connectivity index (χ1n) is 6.68. The summed E-state index contributed by atoms with van der Waals surface area (Å²) in [7, 11) is 0. The minimum absolute atomic E-state index is 0.186. The van der Waals surface area contributed by atoms with E-state index in [1.165, 1.54) is 12.1 Å². The molecule has 0 radical (unpaired) electrons. The van der Waals surface area contributed by atoms with Gasteiger partial charge in [0, 0.05) is 28.7 Å². The average molecular weight is 278 g/mol. The second-order valence-corrected chi connectivity index (χ2v) is 4.98. The number of benzene rings is 1. The summed E-state index contributed by atoms with van der Waals surface area (Å²) in [5.74, 6) is -0.851. The predicted octanol–water partition coefficient (Wildman–Crippen LogP) is 2.92. The standard InChI is InChI=1S/C15H19FN2O2/c1-4-20-15(19)14(17)12-8-18(9(2)3)13-6-5-10(16)7-11(12)13/h5-9,14H,4,17H2,1-3H3. The molecule has 1 unspecified atom stereocenters. The molecule has 1 aromatic carbocycles. The molecule has 0 aliphatic carbocycles. The highest BCUT2D eigenvalue weighted by Crippen LogP contribution is 2.29. The largest absolute Gasteiger partial charge is 0.465 e. The molecule has 1 heterocycles. The van der Waals surface area contributed by atoms with Gasteiger partial charge >= 0.3 is 5.97 Å². The molecule has 108 valence electrons. The van der Waals surface area contributed by atoms with Gasteiger partial charge in [-0.25, -0.2) is 9.18 Å². The summed E-state index contributed by atoms with van der Waals surface area (Å²) in [6.07, 6.45) is 1.80. The summed E-state index contributed by atoms with van der Waals surface area (Å²) >= 11 is 0. The molecule has 0 aliphatic heterocycles. The molecule has 0 bridgehead atoms. The lowest BCUT2D eigenvalue weighted by Crippen LogP contribution is -2.23. The van der Waals surface area contributed by atoms with Crippen LogP contribution in [0.2, 0.25) is 0 Å². The minimum atomic E-state index is -0.903. The van der Waals surface area contributed by atoms with E-state index in [0.29, 0.717) is 10.9 Å². The molecule has 0 saturated heterocycles. The van der Waals surface area contributed by atoms with Gasteiger partial charge in [0.15, 0.2) is 0 Å². The Labute approximate surface area is 117 Å². The Hall–Kier alpha value is -1.88. The Morgan fingerprint density at radius 1 is 1.45 bits per heavy atom. The fourth-order valence-electron chi connectivity index (χ4n) is 2.29. The van der Waals surface area contributed by atoms with Crippen LogP contribution >= 0.6 is 0 Å². The number of fused-ring (bicyclic) bond motifs is 1. The van der Waals surface area contributed by atoms with Crippen molar-refractivity contribution in [2.45, 2.75) is 32.9 Å². The topological polar surface area (TPSA) is 57.2 Å². The van der Waals surface area contributed by atoms with Crippen molar-refractivity contribution in [2.75, 3.05) is 6.61 Å². The Morgan fingerprint density at radius 3 is 2.75 bits per heavy atom. The van der Waals surface area contributed by atoms with Crippen molar-refractivity contribution in [2.24, 2.45) is 5.73 Å². The van der Waals surface area contributed by atoms with Gasteiger partial charge in [0.2, 0.25) is 0 Å². The van der Waals surface area contributed by atoms with Gasteiger partial charge in [-0.05, 0) is 39.0 Å². The highest BCUT2D eigenvalue weighted by molar-refractivity contribution is 5.90. The number of carbonyl (C=O) groups is 1. The summed E-state index contributed by atoms with van der Waals surface area (Å²) in [5, 5.41) is 0.652. The normalized spacial score (nSPS) is 12.9. The van der Waals surface area contributed by atoms with E-state index in [2.05, 4.69) is 0 Å². The molecule has 0 saturated carbocycles. The van der Waals surface area contributed by atoms with E-state index in [0.717, 1.165) is 5.52 Å². The Kier molecular flexibility index (Phi) is 4.09. The second-order valence-electron chi connectivity index (χ2n) is 4.98. The molecule has 1 aromatic heterocycles. The van der Waals surface area contributed by atoms with Crippen LogP contribution in [0, 0.1) is 5.82 Å². The molecule has 4 nitrogen and oxygen atoms in total. The number of esters is 1. The number of nitrogens with two attached hydrogens (primary N) is 1. The van der Waals surface area contributed by atoms with Crippen molar-refractivity contribution >= 4 is 16.9 Å². The summed E-state index contributed by atoms with van der Waals surface area (Å²) < 4.78 is 20.4. The van der Waals surface area contributed by atoms with Crippen molar-refractivity contribution in [3.05, 3.63) is 35.8 Å². The third-order valence-electron chi connectivity index (χ3n) is 3.26. The highest BCUT2D eigenvalue weighted by atomic mass is 19.1. The smallest absolute Gasteiger partial charge is 0.327 e. The minimum Gasteiger partial charge on any atom is -0.465 e. The van der Waals surface area contributed by atoms with Gasteiger partial charge < -0.3 is 15.0 Å². The summed E-state index contributed by atoms with van der Waals surface area (Å²) in [6, 6.07) is 3.79. The molecule has 0 amide bonds. The van der Waals surface area contributed by atoms with Crippen LogP contribution in [0.15, 0.2) is 24.4 Å². The van der Waals surface area contributed by atoms with Gasteiger partial charge in [-0.15, -0.1) is 0 Å². The molecule has 1 atom stereocenters. The van der Waals surface area contributed by atoms with Crippen LogP contribution < -0.4 is 5.73 Å². The maximum Gasteiger partial charge on any atom is 0.327 e. The number of hydrogen-bond acceptors (Lipinski definition) is 3. The highest BCUT2D eigenvalue weighted by Gasteiger charge is 2.23. The molecule has 0 spiro atoms. The number of hydrogen-bond donors (Lipinski definition) is 1. The molecule has 2 N–H and O–H groups in total. The third-order valence-corrected chi connectivity index (χ3v) is 3.26. The van der Waals surface area contributed by atoms with E-state index in [1.54, 1.807) is 19.2 Å². The number of ether oxygens (including phenoxy) is 1. The van der Waals surface area contributed by atoms with Crippen molar-refractivity contribution < 1.29 is 13.9 Å². The van der Waals surface area contributed by atoms with Crippen LogP contribution in [0.5, 0.6) is 0 Å². The van der Waals surface area contributed by atoms with Crippen LogP contribution in [0.25, 0.3) is 10.9 Å². The van der Waals surface area contributed by atoms with E-state index in [9.17, 15) is 9.18 Å². The lowest BCUT2D eigenvalue weighted by atomic mass is 10.1. The van der Waals surface area contributed by atoms with E-state index in [-0.39, 0.29) is 18.5 Å². The van der Waals surface area contributed by atoms with Crippen molar-refractivity contribution in [3.63, 3.8) is 0 Å². The molecule has 2 aromatic rings. The molecular weight excluding hydrogens is 259 g/mol. The predicted molar refractivity (Wildman–Crippen MR) is 75.8 cm³/mol. The first-order valence-corrected chi connectivity index (χ1v) is 6.68. The molecule has 20 heavy (non-hydrogen) atoms. The van der Waals surface area contributed by atoms with Crippen LogP contribution in [0.3, 0.4) is 0 Å². The van der Waals surface area contributed by atoms with Crippen LogP contribution in [0.4, 0.5) is 4.39 Å². The third kappa shape index (κ3) is 2.54. The molecule has 0 aliphatic rings. The van der Waals surface area contributed by atoms with Crippen molar-refractivity contribution in [1.82, 2.24) is 4.57 Å². The number of carbonyl (C=O) groups excluding carboxylic acids is 1. The van der Waals surface area contributed by atoms with Gasteiger partial charge in [0.25, 0.3) is 0 Å². The fraction of sp³-hybridized carbons (Fsp3) is 0.400. The molecule has 0 fully saturated rings. The molecule has 5 heteroatoms. The zero-order valence-corrected chi connectivity index (χ0v) is 11.9.